The molecule has 0 atom stereocenters. The zero-order valence-electron chi connectivity index (χ0n) is 19.6. The first-order valence-electron chi connectivity index (χ1n) is 12.2. The van der Waals surface area contributed by atoms with E-state index in [1.54, 1.807) is 0 Å². The zero-order valence-corrected chi connectivity index (χ0v) is 19.6. The normalized spacial score (nSPS) is 17.9. The third-order valence-corrected chi connectivity index (χ3v) is 6.99. The Morgan fingerprint density at radius 1 is 1.09 bits per heavy atom. The number of piperidine rings is 1. The second-order valence-electron chi connectivity index (χ2n) is 9.30. The van der Waals surface area contributed by atoms with Crippen LogP contribution in [-0.2, 0) is 0 Å². The van der Waals surface area contributed by atoms with E-state index in [4.69, 9.17) is 11.1 Å². The fourth-order valence-corrected chi connectivity index (χ4v) is 5.15. The summed E-state index contributed by atoms with van der Waals surface area (Å²) in [4.78, 5) is 22.3. The molecule has 2 aromatic rings. The Bertz CT molecular complexity index is 961. The van der Waals surface area contributed by atoms with E-state index in [0.29, 0.717) is 5.56 Å². The summed E-state index contributed by atoms with van der Waals surface area (Å²) in [5.41, 5.74) is 9.45. The predicted octanol–water partition coefficient (Wildman–Crippen LogP) is 4.58. The van der Waals surface area contributed by atoms with Gasteiger partial charge in [0, 0.05) is 42.6 Å². The van der Waals surface area contributed by atoms with Crippen molar-refractivity contribution in [2.75, 3.05) is 22.9 Å². The van der Waals surface area contributed by atoms with Gasteiger partial charge in [0.1, 0.15) is 5.84 Å². The third kappa shape index (κ3) is 5.64. The molecule has 4 N–H and O–H groups in total. The number of nitrogens with one attached hydrogen (secondary N) is 2. The highest BCUT2D eigenvalue weighted by atomic mass is 16.2. The van der Waals surface area contributed by atoms with Gasteiger partial charge in [-0.3, -0.25) is 15.3 Å². The number of hydrogen-bond acceptors (Lipinski definition) is 4. The molecule has 4 rings (SSSR count). The molecule has 7 heteroatoms. The van der Waals surface area contributed by atoms with Crippen molar-refractivity contribution >= 4 is 23.2 Å². The maximum atomic E-state index is 13.6. The van der Waals surface area contributed by atoms with E-state index in [-0.39, 0.29) is 24.0 Å². The van der Waals surface area contributed by atoms with E-state index in [0.717, 1.165) is 63.0 Å². The van der Waals surface area contributed by atoms with Crippen LogP contribution in [0, 0.1) is 12.3 Å². The molecule has 7 nitrogen and oxygen atoms in total. The molecule has 1 aromatic heterocycles. The van der Waals surface area contributed by atoms with Gasteiger partial charge in [0.05, 0.1) is 11.4 Å². The summed E-state index contributed by atoms with van der Waals surface area (Å²) in [6.07, 6.45) is 10.4. The number of amidine groups is 1. The van der Waals surface area contributed by atoms with Gasteiger partial charge < -0.3 is 16.0 Å². The van der Waals surface area contributed by atoms with Gasteiger partial charge in [0.2, 0.25) is 0 Å². The maximum absolute atomic E-state index is 13.6. The van der Waals surface area contributed by atoms with Gasteiger partial charge in [0.15, 0.2) is 0 Å². The van der Waals surface area contributed by atoms with Crippen molar-refractivity contribution in [3.8, 4) is 0 Å². The van der Waals surface area contributed by atoms with Gasteiger partial charge in [-0.2, -0.15) is 0 Å². The summed E-state index contributed by atoms with van der Waals surface area (Å²) in [5.74, 6) is 0.0242. The molecule has 2 fully saturated rings. The molecule has 2 amide bonds. The minimum atomic E-state index is -0.0291. The summed E-state index contributed by atoms with van der Waals surface area (Å²) in [6, 6.07) is 11.9. The smallest absolute Gasteiger partial charge is 0.322 e. The fourth-order valence-electron chi connectivity index (χ4n) is 5.15. The van der Waals surface area contributed by atoms with Crippen LogP contribution >= 0.6 is 0 Å². The van der Waals surface area contributed by atoms with Crippen LogP contribution < -0.4 is 20.9 Å². The number of anilines is 2. The van der Waals surface area contributed by atoms with Crippen LogP contribution in [0.3, 0.4) is 0 Å². The Balaban J connectivity index is 1.47. The number of pyridine rings is 1. The second-order valence-corrected chi connectivity index (χ2v) is 9.30. The number of carbonyl (C=O) groups excluding carboxylic acids is 1. The van der Waals surface area contributed by atoms with E-state index >= 15 is 0 Å². The van der Waals surface area contributed by atoms with Crippen molar-refractivity contribution in [2.45, 2.75) is 70.4 Å². The highest BCUT2D eigenvalue weighted by molar-refractivity contribution is 5.98. The van der Waals surface area contributed by atoms with Gasteiger partial charge in [-0.15, -0.1) is 0 Å². The Morgan fingerprint density at radius 3 is 2.48 bits per heavy atom. The number of urea groups is 1. The first kappa shape index (κ1) is 23.1. The summed E-state index contributed by atoms with van der Waals surface area (Å²) in [7, 11) is 0. The summed E-state index contributed by atoms with van der Waals surface area (Å²) in [5, 5.41) is 11.1. The first-order valence-corrected chi connectivity index (χ1v) is 12.2. The molecule has 1 aliphatic carbocycles. The molecule has 0 bridgehead atoms. The molecule has 2 aliphatic rings. The van der Waals surface area contributed by atoms with E-state index in [9.17, 15) is 4.79 Å². The lowest BCUT2D eigenvalue weighted by Gasteiger charge is -2.37. The molecule has 176 valence electrons. The lowest BCUT2D eigenvalue weighted by atomic mass is 10.0. The Morgan fingerprint density at radius 2 is 1.82 bits per heavy atom. The number of nitrogens with two attached hydrogens (primary N) is 1. The maximum Gasteiger partial charge on any atom is 0.322 e. The largest absolute Gasteiger partial charge is 0.384 e. The van der Waals surface area contributed by atoms with Crippen LogP contribution in [-0.4, -0.2) is 42.0 Å². The molecule has 0 spiro atoms. The Hall–Kier alpha value is -3.09. The van der Waals surface area contributed by atoms with Crippen LogP contribution in [0.4, 0.5) is 16.2 Å². The van der Waals surface area contributed by atoms with Crippen LogP contribution in [0.2, 0.25) is 0 Å². The molecule has 33 heavy (non-hydrogen) atoms. The van der Waals surface area contributed by atoms with E-state index in [1.165, 1.54) is 18.5 Å². The highest BCUT2D eigenvalue weighted by Gasteiger charge is 2.29. The molecule has 1 saturated carbocycles. The molecule has 1 aliphatic heterocycles. The highest BCUT2D eigenvalue weighted by Crippen LogP contribution is 2.28. The van der Waals surface area contributed by atoms with Gasteiger partial charge in [-0.1, -0.05) is 37.8 Å². The van der Waals surface area contributed by atoms with Gasteiger partial charge in [-0.05, 0) is 56.9 Å². The van der Waals surface area contributed by atoms with Crippen LogP contribution in [0.25, 0.3) is 0 Å². The monoisotopic (exact) mass is 448 g/mol. The molecule has 0 unspecified atom stereocenters. The fraction of sp³-hybridized carbons (Fsp3) is 0.500. The molecule has 0 radical (unpaired) electrons. The predicted molar refractivity (Wildman–Crippen MR) is 134 cm³/mol. The Labute approximate surface area is 196 Å². The second kappa shape index (κ2) is 10.7. The van der Waals surface area contributed by atoms with Crippen molar-refractivity contribution < 1.29 is 4.79 Å². The number of carbonyl (C=O) groups is 1. The van der Waals surface area contributed by atoms with Crippen molar-refractivity contribution in [1.82, 2.24) is 10.3 Å². The van der Waals surface area contributed by atoms with Gasteiger partial charge >= 0.3 is 6.03 Å². The number of aryl methyl sites for hydroxylation is 1. The molecule has 1 saturated heterocycles. The van der Waals surface area contributed by atoms with Crippen molar-refractivity contribution in [1.29, 1.82) is 5.41 Å². The zero-order chi connectivity index (χ0) is 23.2. The third-order valence-electron chi connectivity index (χ3n) is 6.99. The van der Waals surface area contributed by atoms with Crippen LogP contribution in [0.5, 0.6) is 0 Å². The Kier molecular flexibility index (Phi) is 7.47. The number of aromatic nitrogens is 1. The van der Waals surface area contributed by atoms with Crippen LogP contribution in [0.1, 0.15) is 62.6 Å². The van der Waals surface area contributed by atoms with Crippen molar-refractivity contribution in [3.63, 3.8) is 0 Å². The molecular formula is C26H36N6O. The minimum Gasteiger partial charge on any atom is -0.384 e. The minimum absolute atomic E-state index is 0.0242. The van der Waals surface area contributed by atoms with Crippen molar-refractivity contribution in [2.24, 2.45) is 5.73 Å². The van der Waals surface area contributed by atoms with Crippen molar-refractivity contribution in [3.05, 3.63) is 53.9 Å². The molecule has 2 heterocycles. The quantitative estimate of drug-likeness (QED) is 0.354. The average molecular weight is 449 g/mol. The standard InChI is InChI=1S/C26H36N6O/c1-19-24(12-7-15-29-19)31-16-13-21(14-17-31)30-26(33)32(22-9-4-2-3-5-10-22)23-11-6-8-20(18-23)25(27)28/h6-8,11-12,15,18,21-22H,2-5,9-10,13-14,16-17H2,1H3,(H3,27,28)(H,30,33). The number of nitrogens with zero attached hydrogens (tertiary/aromatic N) is 3. The SMILES string of the molecule is Cc1ncccc1N1CCC(NC(=O)N(c2cccc(C(=N)N)c2)C2CCCCCC2)CC1. The number of nitrogen functional groups attached to an aromatic ring is 1. The van der Waals surface area contributed by atoms with E-state index in [2.05, 4.69) is 21.3 Å². The topological polar surface area (TPSA) is 98.3 Å². The van der Waals surface area contributed by atoms with E-state index < -0.39 is 0 Å². The lowest BCUT2D eigenvalue weighted by molar-refractivity contribution is 0.236. The van der Waals surface area contributed by atoms with Gasteiger partial charge in [0.25, 0.3) is 0 Å². The lowest BCUT2D eigenvalue weighted by Crippen LogP contribution is -2.52. The van der Waals surface area contributed by atoms with Crippen LogP contribution in [0.15, 0.2) is 42.6 Å². The summed E-state index contributed by atoms with van der Waals surface area (Å²) >= 11 is 0. The summed E-state index contributed by atoms with van der Waals surface area (Å²) < 4.78 is 0. The molecule has 1 aromatic carbocycles. The average Bonchev–Trinajstić information content (AvgIpc) is 3.10. The number of rotatable bonds is 5. The van der Waals surface area contributed by atoms with Gasteiger partial charge in [-0.25, -0.2) is 4.79 Å². The number of amides is 2. The van der Waals surface area contributed by atoms with E-state index in [1.807, 2.05) is 48.4 Å². The number of hydrogen-bond donors (Lipinski definition) is 3. The summed E-state index contributed by atoms with van der Waals surface area (Å²) in [6.45, 7) is 3.85. The number of benzene rings is 1. The first-order chi connectivity index (χ1) is 16.0. The molecular weight excluding hydrogens is 412 g/mol.